The van der Waals surface area contributed by atoms with Crippen LogP contribution in [0, 0.1) is 5.41 Å². The van der Waals surface area contributed by atoms with E-state index >= 15 is 0 Å². The lowest BCUT2D eigenvalue weighted by atomic mass is 9.78. The van der Waals surface area contributed by atoms with Gasteiger partial charge in [0.25, 0.3) is 0 Å². The van der Waals surface area contributed by atoms with E-state index in [9.17, 15) is 0 Å². The van der Waals surface area contributed by atoms with Crippen LogP contribution in [-0.2, 0) is 6.54 Å². The number of nitrogen functional groups attached to an aromatic ring is 1. The predicted molar refractivity (Wildman–Crippen MR) is 73.8 cm³/mol. The molecule has 1 saturated heterocycles. The molecule has 1 aliphatic heterocycles. The molecule has 2 nitrogen and oxygen atoms in total. The van der Waals surface area contributed by atoms with Gasteiger partial charge in [0, 0.05) is 12.2 Å². The van der Waals surface area contributed by atoms with Gasteiger partial charge in [-0.2, -0.15) is 0 Å². The second kappa shape index (κ2) is 5.09. The van der Waals surface area contributed by atoms with Crippen LogP contribution >= 0.6 is 0 Å². The van der Waals surface area contributed by atoms with Crippen molar-refractivity contribution < 1.29 is 0 Å². The summed E-state index contributed by atoms with van der Waals surface area (Å²) >= 11 is 0. The Bertz CT molecular complexity index is 348. The average Bonchev–Trinajstić information content (AvgIpc) is 2.35. The molecule has 1 aromatic rings. The molecule has 1 heterocycles. The van der Waals surface area contributed by atoms with Crippen molar-refractivity contribution in [2.45, 2.75) is 39.7 Å². The Morgan fingerprint density at radius 2 is 1.76 bits per heavy atom. The molecule has 1 aliphatic rings. The van der Waals surface area contributed by atoms with Gasteiger partial charge in [-0.15, -0.1) is 0 Å². The Morgan fingerprint density at radius 1 is 1.18 bits per heavy atom. The van der Waals surface area contributed by atoms with E-state index in [1.807, 2.05) is 12.1 Å². The standard InChI is InChI=1S/C15H24N2/c1-3-15(2)8-10-17(11-9-15)12-13-4-6-14(16)7-5-13/h4-7H,3,8-12,16H2,1-2H3. The van der Waals surface area contributed by atoms with Crippen molar-refractivity contribution in [1.29, 1.82) is 0 Å². The topological polar surface area (TPSA) is 29.3 Å². The molecule has 2 N–H and O–H groups in total. The summed E-state index contributed by atoms with van der Waals surface area (Å²) in [5.41, 5.74) is 8.51. The zero-order chi connectivity index (χ0) is 12.3. The van der Waals surface area contributed by atoms with E-state index in [-0.39, 0.29) is 0 Å². The van der Waals surface area contributed by atoms with Gasteiger partial charge in [-0.05, 0) is 49.0 Å². The van der Waals surface area contributed by atoms with E-state index in [1.165, 1.54) is 37.9 Å². The molecule has 1 fully saturated rings. The Labute approximate surface area is 105 Å². The quantitative estimate of drug-likeness (QED) is 0.810. The summed E-state index contributed by atoms with van der Waals surface area (Å²) in [6.07, 6.45) is 3.97. The first-order valence-electron chi connectivity index (χ1n) is 6.68. The van der Waals surface area contributed by atoms with Gasteiger partial charge in [0.1, 0.15) is 0 Å². The fourth-order valence-corrected chi connectivity index (χ4v) is 2.49. The van der Waals surface area contributed by atoms with Crippen LogP contribution in [0.1, 0.15) is 38.7 Å². The van der Waals surface area contributed by atoms with Crippen LogP contribution < -0.4 is 5.73 Å². The van der Waals surface area contributed by atoms with E-state index in [4.69, 9.17) is 5.73 Å². The minimum atomic E-state index is 0.581. The number of likely N-dealkylation sites (tertiary alicyclic amines) is 1. The normalized spacial score (nSPS) is 20.4. The van der Waals surface area contributed by atoms with Gasteiger partial charge in [0.15, 0.2) is 0 Å². The molecule has 0 bridgehead atoms. The fraction of sp³-hybridized carbons (Fsp3) is 0.600. The zero-order valence-electron chi connectivity index (χ0n) is 11.1. The summed E-state index contributed by atoms with van der Waals surface area (Å²) in [5.74, 6) is 0. The fourth-order valence-electron chi connectivity index (χ4n) is 2.49. The van der Waals surface area contributed by atoms with Crippen molar-refractivity contribution in [2.75, 3.05) is 18.8 Å². The highest BCUT2D eigenvalue weighted by Gasteiger charge is 2.27. The van der Waals surface area contributed by atoms with Gasteiger partial charge in [0.2, 0.25) is 0 Å². The second-order valence-electron chi connectivity index (χ2n) is 5.68. The van der Waals surface area contributed by atoms with E-state index in [0.717, 1.165) is 12.2 Å². The number of piperidine rings is 1. The molecule has 0 atom stereocenters. The summed E-state index contributed by atoms with van der Waals surface area (Å²) in [7, 11) is 0. The van der Waals surface area contributed by atoms with E-state index in [1.54, 1.807) is 0 Å². The van der Waals surface area contributed by atoms with Crippen LogP contribution in [0.5, 0.6) is 0 Å². The molecule has 0 saturated carbocycles. The molecule has 2 rings (SSSR count). The molecule has 0 unspecified atom stereocenters. The lowest BCUT2D eigenvalue weighted by Gasteiger charge is -2.39. The molecule has 0 radical (unpaired) electrons. The molecule has 0 amide bonds. The van der Waals surface area contributed by atoms with Crippen LogP contribution in [-0.4, -0.2) is 18.0 Å². The third-order valence-corrected chi connectivity index (χ3v) is 4.30. The van der Waals surface area contributed by atoms with Crippen molar-refractivity contribution in [3.63, 3.8) is 0 Å². The lowest BCUT2D eigenvalue weighted by Crippen LogP contribution is -2.37. The van der Waals surface area contributed by atoms with E-state index < -0.39 is 0 Å². The Kier molecular flexibility index (Phi) is 3.72. The maximum atomic E-state index is 5.70. The first-order valence-corrected chi connectivity index (χ1v) is 6.68. The smallest absolute Gasteiger partial charge is 0.0314 e. The summed E-state index contributed by atoms with van der Waals surface area (Å²) < 4.78 is 0. The van der Waals surface area contributed by atoms with Crippen molar-refractivity contribution in [1.82, 2.24) is 4.90 Å². The number of nitrogens with two attached hydrogens (primary N) is 1. The van der Waals surface area contributed by atoms with E-state index in [0.29, 0.717) is 5.41 Å². The maximum absolute atomic E-state index is 5.70. The number of benzene rings is 1. The third kappa shape index (κ3) is 3.22. The number of nitrogens with zero attached hydrogens (tertiary/aromatic N) is 1. The minimum Gasteiger partial charge on any atom is -0.399 e. The Balaban J connectivity index is 1.88. The highest BCUT2D eigenvalue weighted by molar-refractivity contribution is 5.39. The number of hydrogen-bond acceptors (Lipinski definition) is 2. The molecule has 2 heteroatoms. The van der Waals surface area contributed by atoms with Gasteiger partial charge >= 0.3 is 0 Å². The van der Waals surface area contributed by atoms with Crippen LogP contribution in [0.15, 0.2) is 24.3 Å². The van der Waals surface area contributed by atoms with Crippen LogP contribution in [0.25, 0.3) is 0 Å². The number of anilines is 1. The van der Waals surface area contributed by atoms with Crippen LogP contribution in [0.2, 0.25) is 0 Å². The van der Waals surface area contributed by atoms with Gasteiger partial charge in [-0.25, -0.2) is 0 Å². The van der Waals surface area contributed by atoms with Crippen molar-refractivity contribution in [3.05, 3.63) is 29.8 Å². The highest BCUT2D eigenvalue weighted by Crippen LogP contribution is 2.34. The summed E-state index contributed by atoms with van der Waals surface area (Å²) in [5, 5.41) is 0. The molecule has 17 heavy (non-hydrogen) atoms. The third-order valence-electron chi connectivity index (χ3n) is 4.30. The van der Waals surface area contributed by atoms with Crippen LogP contribution in [0.4, 0.5) is 5.69 Å². The maximum Gasteiger partial charge on any atom is 0.0314 e. The molecular weight excluding hydrogens is 208 g/mol. The Hall–Kier alpha value is -1.02. The SMILES string of the molecule is CCC1(C)CCN(Cc2ccc(N)cc2)CC1. The summed E-state index contributed by atoms with van der Waals surface area (Å²) in [4.78, 5) is 2.56. The zero-order valence-corrected chi connectivity index (χ0v) is 11.1. The first kappa shape index (κ1) is 12.4. The lowest BCUT2D eigenvalue weighted by molar-refractivity contribution is 0.109. The predicted octanol–water partition coefficient (Wildman–Crippen LogP) is 3.28. The van der Waals surface area contributed by atoms with Crippen molar-refractivity contribution in [3.8, 4) is 0 Å². The van der Waals surface area contributed by atoms with Gasteiger partial charge in [-0.1, -0.05) is 32.4 Å². The van der Waals surface area contributed by atoms with E-state index in [2.05, 4.69) is 30.9 Å². The summed E-state index contributed by atoms with van der Waals surface area (Å²) in [6, 6.07) is 8.27. The molecule has 1 aromatic carbocycles. The minimum absolute atomic E-state index is 0.581. The van der Waals surface area contributed by atoms with Gasteiger partial charge in [-0.3, -0.25) is 4.90 Å². The average molecular weight is 232 g/mol. The monoisotopic (exact) mass is 232 g/mol. The van der Waals surface area contributed by atoms with Gasteiger partial charge in [0.05, 0.1) is 0 Å². The molecule has 94 valence electrons. The summed E-state index contributed by atoms with van der Waals surface area (Å²) in [6.45, 7) is 8.27. The molecular formula is C15H24N2. The second-order valence-corrected chi connectivity index (χ2v) is 5.68. The van der Waals surface area contributed by atoms with Crippen molar-refractivity contribution >= 4 is 5.69 Å². The molecule has 0 aromatic heterocycles. The largest absolute Gasteiger partial charge is 0.399 e. The Morgan fingerprint density at radius 3 is 2.29 bits per heavy atom. The number of hydrogen-bond donors (Lipinski definition) is 1. The van der Waals surface area contributed by atoms with Crippen LogP contribution in [0.3, 0.4) is 0 Å². The van der Waals surface area contributed by atoms with Gasteiger partial charge < -0.3 is 5.73 Å². The first-order chi connectivity index (χ1) is 8.11. The molecule has 0 spiro atoms. The van der Waals surface area contributed by atoms with Crippen molar-refractivity contribution in [2.24, 2.45) is 5.41 Å². The highest BCUT2D eigenvalue weighted by atomic mass is 15.1. The molecule has 0 aliphatic carbocycles. The number of rotatable bonds is 3.